The molecule has 1 aromatic rings. The van der Waals surface area contributed by atoms with Crippen LogP contribution in [0.3, 0.4) is 0 Å². The van der Waals surface area contributed by atoms with Crippen LogP contribution < -0.4 is 0 Å². The zero-order valence-corrected chi connectivity index (χ0v) is 15.3. The quantitative estimate of drug-likeness (QED) is 0.707. The number of halogens is 3. The van der Waals surface area contributed by atoms with Gasteiger partial charge in [-0.3, -0.25) is 9.69 Å². The van der Waals surface area contributed by atoms with Gasteiger partial charge < -0.3 is 4.74 Å². The molecule has 0 bridgehead atoms. The maximum atomic E-state index is 13.6. The minimum atomic E-state index is -4.54. The van der Waals surface area contributed by atoms with Gasteiger partial charge >= 0.3 is 12.3 Å². The van der Waals surface area contributed by atoms with E-state index in [9.17, 15) is 22.8 Å². The highest BCUT2D eigenvalue weighted by Crippen LogP contribution is 2.37. The highest BCUT2D eigenvalue weighted by molar-refractivity contribution is 5.93. The first-order valence-electron chi connectivity index (χ1n) is 9.03. The lowest BCUT2D eigenvalue weighted by Crippen LogP contribution is -2.47. The van der Waals surface area contributed by atoms with E-state index in [4.69, 9.17) is 4.74 Å². The van der Waals surface area contributed by atoms with Crippen molar-refractivity contribution in [2.45, 2.75) is 51.0 Å². The molecule has 2 aliphatic heterocycles. The van der Waals surface area contributed by atoms with Crippen LogP contribution in [0.4, 0.5) is 18.0 Å². The topological polar surface area (TPSA) is 49.6 Å². The van der Waals surface area contributed by atoms with Gasteiger partial charge in [-0.2, -0.15) is 13.2 Å². The summed E-state index contributed by atoms with van der Waals surface area (Å²) in [7, 11) is 0. The van der Waals surface area contributed by atoms with Crippen molar-refractivity contribution in [2.75, 3.05) is 13.2 Å². The lowest BCUT2D eigenvalue weighted by atomic mass is 10.0. The third-order valence-electron chi connectivity index (χ3n) is 5.16. The zero-order valence-electron chi connectivity index (χ0n) is 15.3. The summed E-state index contributed by atoms with van der Waals surface area (Å²) in [6.45, 7) is 3.91. The second kappa shape index (κ2) is 7.50. The molecule has 8 heteroatoms. The molecule has 27 heavy (non-hydrogen) atoms. The maximum absolute atomic E-state index is 13.6. The predicted octanol–water partition coefficient (Wildman–Crippen LogP) is 3.24. The van der Waals surface area contributed by atoms with E-state index in [1.54, 1.807) is 13.8 Å². The number of amides is 2. The largest absolute Gasteiger partial charge is 0.447 e. The van der Waals surface area contributed by atoms with E-state index in [-0.39, 0.29) is 25.1 Å². The van der Waals surface area contributed by atoms with Gasteiger partial charge in [-0.1, -0.05) is 44.2 Å². The molecule has 0 aliphatic carbocycles. The first-order valence-corrected chi connectivity index (χ1v) is 9.03. The van der Waals surface area contributed by atoms with Crippen molar-refractivity contribution < 1.29 is 27.5 Å². The van der Waals surface area contributed by atoms with Gasteiger partial charge in [-0.05, 0) is 17.9 Å². The van der Waals surface area contributed by atoms with Crippen molar-refractivity contribution in [2.24, 2.45) is 5.92 Å². The van der Waals surface area contributed by atoms with Crippen molar-refractivity contribution in [1.82, 2.24) is 9.80 Å². The van der Waals surface area contributed by atoms with Crippen molar-refractivity contribution >= 4 is 12.0 Å². The maximum Gasteiger partial charge on any atom is 0.416 e. The molecule has 0 N–H and O–H groups in total. The highest BCUT2D eigenvalue weighted by Gasteiger charge is 2.54. The molecule has 2 amide bonds. The van der Waals surface area contributed by atoms with Gasteiger partial charge in [0.05, 0.1) is 12.5 Å². The van der Waals surface area contributed by atoms with E-state index >= 15 is 0 Å². The van der Waals surface area contributed by atoms with Crippen LogP contribution in [-0.2, 0) is 16.0 Å². The Kier molecular flexibility index (Phi) is 5.46. The van der Waals surface area contributed by atoms with Gasteiger partial charge in [-0.25, -0.2) is 9.69 Å². The van der Waals surface area contributed by atoms with E-state index in [0.29, 0.717) is 6.42 Å². The molecule has 4 atom stereocenters. The fourth-order valence-electron chi connectivity index (χ4n) is 3.54. The zero-order chi connectivity index (χ0) is 19.8. The fourth-order valence-corrected chi connectivity index (χ4v) is 3.54. The number of carbonyl (C=O) groups is 2. The summed E-state index contributed by atoms with van der Waals surface area (Å²) < 4.78 is 45.7. The number of nitrogens with zero attached hydrogens (tertiary/aromatic N) is 2. The van der Waals surface area contributed by atoms with Crippen molar-refractivity contribution in [3.63, 3.8) is 0 Å². The number of hydrogen-bond acceptors (Lipinski definition) is 4. The lowest BCUT2D eigenvalue weighted by Gasteiger charge is -2.27. The average Bonchev–Trinajstić information content (AvgIpc) is 3.21. The summed E-state index contributed by atoms with van der Waals surface area (Å²) in [5.41, 5.74) is 0.959. The normalized spacial score (nSPS) is 26.2. The second-order valence-electron chi connectivity index (χ2n) is 7.45. The SMILES string of the molecule is CC(C)[C@H]1COC(=O)N1C(=O)C[C@H](N1C[C@@H]1Cc1ccccc1)C(F)(F)F. The Morgan fingerprint density at radius 3 is 2.52 bits per heavy atom. The molecule has 0 aromatic heterocycles. The molecule has 5 nitrogen and oxygen atoms in total. The van der Waals surface area contributed by atoms with Crippen LogP contribution in [0.2, 0.25) is 0 Å². The molecular formula is C19H23F3N2O3. The molecule has 0 radical (unpaired) electrons. The van der Waals surface area contributed by atoms with Crippen LogP contribution in [0.15, 0.2) is 30.3 Å². The van der Waals surface area contributed by atoms with E-state index in [0.717, 1.165) is 10.5 Å². The van der Waals surface area contributed by atoms with E-state index < -0.39 is 36.7 Å². The molecule has 1 unspecified atom stereocenters. The number of imide groups is 1. The summed E-state index contributed by atoms with van der Waals surface area (Å²) in [5, 5.41) is 0. The first kappa shape index (κ1) is 19.7. The van der Waals surface area contributed by atoms with Crippen LogP contribution in [0.5, 0.6) is 0 Å². The summed E-state index contributed by atoms with van der Waals surface area (Å²) in [6, 6.07) is 6.63. The molecule has 2 fully saturated rings. The van der Waals surface area contributed by atoms with Crippen molar-refractivity contribution in [3.8, 4) is 0 Å². The van der Waals surface area contributed by atoms with Crippen LogP contribution in [0.1, 0.15) is 25.8 Å². The number of ether oxygens (including phenoxy) is 1. The molecule has 2 aliphatic rings. The number of alkyl halides is 3. The Balaban J connectivity index is 1.68. The fraction of sp³-hybridized carbons (Fsp3) is 0.579. The number of carbonyl (C=O) groups excluding carboxylic acids is 2. The van der Waals surface area contributed by atoms with Gasteiger partial charge in [0.2, 0.25) is 5.91 Å². The monoisotopic (exact) mass is 384 g/mol. The Morgan fingerprint density at radius 1 is 1.26 bits per heavy atom. The Labute approximate surface area is 156 Å². The highest BCUT2D eigenvalue weighted by atomic mass is 19.4. The molecule has 2 saturated heterocycles. The third-order valence-corrected chi connectivity index (χ3v) is 5.16. The number of cyclic esters (lactones) is 1. The standard InChI is InChI=1S/C19H23F3N2O3/c1-12(2)15-11-27-18(26)24(15)17(25)9-16(19(20,21)22)23-10-14(23)8-13-6-4-3-5-7-13/h3-7,12,14-16H,8-11H2,1-2H3/t14-,15+,16-,23?/m0/s1. The summed E-state index contributed by atoms with van der Waals surface area (Å²) in [6.07, 6.45) is -5.67. The molecule has 2 heterocycles. The number of benzene rings is 1. The Hall–Kier alpha value is -2.09. The number of rotatable bonds is 6. The average molecular weight is 384 g/mol. The second-order valence-corrected chi connectivity index (χ2v) is 7.45. The molecular weight excluding hydrogens is 361 g/mol. The van der Waals surface area contributed by atoms with Gasteiger partial charge in [0.1, 0.15) is 12.6 Å². The van der Waals surface area contributed by atoms with Crippen LogP contribution in [-0.4, -0.2) is 59.3 Å². The summed E-state index contributed by atoms with van der Waals surface area (Å²) in [4.78, 5) is 26.5. The minimum Gasteiger partial charge on any atom is -0.447 e. The van der Waals surface area contributed by atoms with Crippen molar-refractivity contribution in [1.29, 1.82) is 0 Å². The summed E-state index contributed by atoms with van der Waals surface area (Å²) >= 11 is 0. The van der Waals surface area contributed by atoms with E-state index in [1.807, 2.05) is 30.3 Å². The Morgan fingerprint density at radius 2 is 1.93 bits per heavy atom. The van der Waals surface area contributed by atoms with Gasteiger partial charge in [0.15, 0.2) is 0 Å². The molecule has 0 saturated carbocycles. The molecule has 1 aromatic carbocycles. The van der Waals surface area contributed by atoms with Gasteiger partial charge in [0, 0.05) is 12.6 Å². The van der Waals surface area contributed by atoms with Crippen LogP contribution >= 0.6 is 0 Å². The summed E-state index contributed by atoms with van der Waals surface area (Å²) in [5.74, 6) is -0.916. The first-order chi connectivity index (χ1) is 12.7. The van der Waals surface area contributed by atoms with Crippen LogP contribution in [0.25, 0.3) is 0 Å². The minimum absolute atomic E-state index is 0.0271. The van der Waals surface area contributed by atoms with Crippen molar-refractivity contribution in [3.05, 3.63) is 35.9 Å². The molecule has 148 valence electrons. The smallest absolute Gasteiger partial charge is 0.416 e. The van der Waals surface area contributed by atoms with E-state index in [2.05, 4.69) is 0 Å². The third kappa shape index (κ3) is 4.43. The number of hydrogen-bond donors (Lipinski definition) is 0. The lowest BCUT2D eigenvalue weighted by molar-refractivity contribution is -0.176. The molecule has 0 spiro atoms. The molecule has 3 rings (SSSR count). The van der Waals surface area contributed by atoms with Crippen LogP contribution in [0, 0.1) is 5.92 Å². The van der Waals surface area contributed by atoms with E-state index in [1.165, 1.54) is 4.90 Å². The predicted molar refractivity (Wildman–Crippen MR) is 91.9 cm³/mol. The Bertz CT molecular complexity index is 693. The van der Waals surface area contributed by atoms with Gasteiger partial charge in [0.25, 0.3) is 0 Å². The van der Waals surface area contributed by atoms with Gasteiger partial charge in [-0.15, -0.1) is 0 Å².